The fourth-order valence-corrected chi connectivity index (χ4v) is 2.88. The second kappa shape index (κ2) is 6.08. The van der Waals surface area contributed by atoms with E-state index < -0.39 is 0 Å². The molecule has 1 aliphatic heterocycles. The van der Waals surface area contributed by atoms with E-state index >= 15 is 0 Å². The van der Waals surface area contributed by atoms with Gasteiger partial charge in [-0.25, -0.2) is 4.98 Å². The van der Waals surface area contributed by atoms with Crippen LogP contribution in [0.15, 0.2) is 0 Å². The highest BCUT2D eigenvalue weighted by Gasteiger charge is 2.22. The number of nitrogens with one attached hydrogen (secondary N) is 3. The van der Waals surface area contributed by atoms with Gasteiger partial charge < -0.3 is 21.7 Å². The summed E-state index contributed by atoms with van der Waals surface area (Å²) in [6.07, 6.45) is 1.27. The second-order valence-electron chi connectivity index (χ2n) is 5.05. The maximum absolute atomic E-state index is 12.0. The zero-order valence-corrected chi connectivity index (χ0v) is 12.3. The third-order valence-corrected chi connectivity index (χ3v) is 3.87. The smallest absolute Gasteiger partial charge is 0.265 e. The highest BCUT2D eigenvalue weighted by molar-refractivity contribution is 7.18. The number of carbonyl (C=O) groups is 2. The first-order valence-electron chi connectivity index (χ1n) is 6.56. The van der Waals surface area contributed by atoms with Gasteiger partial charge in [-0.15, -0.1) is 0 Å². The molecule has 0 aromatic carbocycles. The summed E-state index contributed by atoms with van der Waals surface area (Å²) in [4.78, 5) is 27.6. The minimum absolute atomic E-state index is 0.00820. The van der Waals surface area contributed by atoms with Gasteiger partial charge in [0.1, 0.15) is 10.7 Å². The molecule has 0 radical (unpaired) electrons. The summed E-state index contributed by atoms with van der Waals surface area (Å²) in [6.45, 7) is 4.38. The Hall–Kier alpha value is -1.83. The number of carbonyl (C=O) groups excluding carboxylic acids is 2. The first kappa shape index (κ1) is 14.6. The Kier molecular flexibility index (Phi) is 4.43. The van der Waals surface area contributed by atoms with Gasteiger partial charge in [-0.3, -0.25) is 9.59 Å². The molecule has 0 aliphatic carbocycles. The monoisotopic (exact) mass is 297 g/mol. The van der Waals surface area contributed by atoms with E-state index in [2.05, 4.69) is 20.9 Å². The number of aromatic nitrogens is 1. The van der Waals surface area contributed by atoms with Crippen molar-refractivity contribution in [1.29, 1.82) is 0 Å². The van der Waals surface area contributed by atoms with Crippen LogP contribution in [0.5, 0.6) is 0 Å². The molecule has 0 saturated carbocycles. The maximum Gasteiger partial charge on any atom is 0.265 e. The van der Waals surface area contributed by atoms with Gasteiger partial charge in [-0.05, 0) is 20.3 Å². The molecule has 2 amide bonds. The Labute approximate surface area is 121 Å². The van der Waals surface area contributed by atoms with E-state index in [-0.39, 0.29) is 29.7 Å². The van der Waals surface area contributed by atoms with E-state index in [0.717, 1.165) is 6.42 Å². The molecule has 110 valence electrons. The summed E-state index contributed by atoms with van der Waals surface area (Å²) < 4.78 is 0. The van der Waals surface area contributed by atoms with Gasteiger partial charge >= 0.3 is 0 Å². The molecule has 1 aromatic heterocycles. The van der Waals surface area contributed by atoms with Gasteiger partial charge in [-0.2, -0.15) is 0 Å². The quantitative estimate of drug-likeness (QED) is 0.635. The number of nitrogens with zero attached hydrogens (tertiary/aromatic N) is 1. The van der Waals surface area contributed by atoms with E-state index in [0.29, 0.717) is 23.0 Å². The van der Waals surface area contributed by atoms with Crippen LogP contribution >= 0.6 is 11.3 Å². The van der Waals surface area contributed by atoms with Gasteiger partial charge in [0.15, 0.2) is 5.13 Å². The van der Waals surface area contributed by atoms with E-state index in [9.17, 15) is 9.59 Å². The molecule has 0 bridgehead atoms. The average Bonchev–Trinajstić information content (AvgIpc) is 2.92. The number of nitrogen functional groups attached to an aromatic ring is 1. The number of thiazole rings is 1. The Morgan fingerprint density at radius 2 is 2.35 bits per heavy atom. The van der Waals surface area contributed by atoms with Crippen LogP contribution in [0.2, 0.25) is 0 Å². The van der Waals surface area contributed by atoms with Crippen molar-refractivity contribution < 1.29 is 9.59 Å². The molecule has 2 rings (SSSR count). The third-order valence-electron chi connectivity index (χ3n) is 2.87. The van der Waals surface area contributed by atoms with Crippen molar-refractivity contribution in [3.05, 3.63) is 4.88 Å². The van der Waals surface area contributed by atoms with E-state index in [1.165, 1.54) is 11.3 Å². The summed E-state index contributed by atoms with van der Waals surface area (Å²) in [6, 6.07) is 0.235. The Balaban J connectivity index is 1.91. The summed E-state index contributed by atoms with van der Waals surface area (Å²) in [5.41, 5.74) is 5.75. The van der Waals surface area contributed by atoms with Gasteiger partial charge in [-0.1, -0.05) is 11.3 Å². The molecule has 8 heteroatoms. The molecular formula is C12H19N5O2S. The number of anilines is 2. The molecule has 5 N–H and O–H groups in total. The number of nitrogens with two attached hydrogens (primary N) is 1. The first-order chi connectivity index (χ1) is 9.45. The first-order valence-corrected chi connectivity index (χ1v) is 7.37. The number of hydrogen-bond donors (Lipinski definition) is 4. The zero-order chi connectivity index (χ0) is 14.7. The van der Waals surface area contributed by atoms with E-state index in [1.807, 2.05) is 13.8 Å². The minimum Gasteiger partial charge on any atom is -0.382 e. The lowest BCUT2D eigenvalue weighted by atomic mass is 10.2. The Morgan fingerprint density at radius 1 is 1.60 bits per heavy atom. The minimum atomic E-state index is -0.252. The molecule has 1 saturated heterocycles. The number of rotatable bonds is 5. The molecule has 0 spiro atoms. The van der Waals surface area contributed by atoms with Crippen LogP contribution in [0, 0.1) is 0 Å². The predicted octanol–water partition coefficient (Wildman–Crippen LogP) is 0.554. The molecule has 1 atom stereocenters. The second-order valence-corrected chi connectivity index (χ2v) is 6.04. The largest absolute Gasteiger partial charge is 0.382 e. The lowest BCUT2D eigenvalue weighted by Crippen LogP contribution is -2.38. The van der Waals surface area contributed by atoms with Crippen molar-refractivity contribution in [2.75, 3.05) is 17.6 Å². The Morgan fingerprint density at radius 3 is 2.95 bits per heavy atom. The zero-order valence-electron chi connectivity index (χ0n) is 11.5. The molecule has 7 nitrogen and oxygen atoms in total. The molecule has 20 heavy (non-hydrogen) atoms. The summed E-state index contributed by atoms with van der Waals surface area (Å²) in [5.74, 6) is 0.00837. The van der Waals surface area contributed by atoms with Crippen LogP contribution in [0.4, 0.5) is 10.9 Å². The highest BCUT2D eigenvalue weighted by atomic mass is 32.1. The van der Waals surface area contributed by atoms with Crippen molar-refractivity contribution in [2.24, 2.45) is 0 Å². The predicted molar refractivity (Wildman–Crippen MR) is 78.8 cm³/mol. The van der Waals surface area contributed by atoms with Gasteiger partial charge in [0, 0.05) is 25.0 Å². The molecule has 1 aromatic rings. The molecule has 1 unspecified atom stereocenters. The number of amides is 2. The van der Waals surface area contributed by atoms with Crippen LogP contribution in [-0.2, 0) is 4.79 Å². The van der Waals surface area contributed by atoms with Gasteiger partial charge in [0.2, 0.25) is 5.91 Å². The van der Waals surface area contributed by atoms with E-state index in [4.69, 9.17) is 5.73 Å². The lowest BCUT2D eigenvalue weighted by molar-refractivity contribution is -0.119. The maximum atomic E-state index is 12.0. The molecule has 1 aliphatic rings. The summed E-state index contributed by atoms with van der Waals surface area (Å²) in [5, 5.41) is 9.33. The van der Waals surface area contributed by atoms with Crippen LogP contribution in [-0.4, -0.2) is 35.4 Å². The highest BCUT2D eigenvalue weighted by Crippen LogP contribution is 2.25. The van der Waals surface area contributed by atoms with Crippen molar-refractivity contribution in [3.63, 3.8) is 0 Å². The van der Waals surface area contributed by atoms with Crippen LogP contribution in [0.25, 0.3) is 0 Å². The molecule has 2 heterocycles. The third kappa shape index (κ3) is 3.60. The fraction of sp³-hybridized carbons (Fsp3) is 0.583. The fourth-order valence-electron chi connectivity index (χ4n) is 1.93. The normalized spacial score (nSPS) is 18.1. The van der Waals surface area contributed by atoms with Crippen LogP contribution in [0.3, 0.4) is 0 Å². The summed E-state index contributed by atoms with van der Waals surface area (Å²) in [7, 11) is 0. The molecular weight excluding hydrogens is 278 g/mol. The Bertz CT molecular complexity index is 514. The lowest BCUT2D eigenvalue weighted by Gasteiger charge is -2.10. The SMILES string of the molecule is CC(C)Nc1nc(N)c(C(=O)NCC2CCC(=O)N2)s1. The van der Waals surface area contributed by atoms with Gasteiger partial charge in [0.25, 0.3) is 5.91 Å². The van der Waals surface area contributed by atoms with E-state index in [1.54, 1.807) is 0 Å². The topological polar surface area (TPSA) is 109 Å². The van der Waals surface area contributed by atoms with Crippen molar-refractivity contribution >= 4 is 34.1 Å². The van der Waals surface area contributed by atoms with Crippen LogP contribution < -0.4 is 21.7 Å². The van der Waals surface area contributed by atoms with Crippen molar-refractivity contribution in [1.82, 2.24) is 15.6 Å². The van der Waals surface area contributed by atoms with Crippen molar-refractivity contribution in [2.45, 2.75) is 38.8 Å². The number of hydrogen-bond acceptors (Lipinski definition) is 6. The van der Waals surface area contributed by atoms with Crippen molar-refractivity contribution in [3.8, 4) is 0 Å². The standard InChI is InChI=1S/C12H19N5O2S/c1-6(2)15-12-17-10(13)9(20-12)11(19)14-5-7-3-4-8(18)16-7/h6-7H,3-5,13H2,1-2H3,(H,14,19)(H,15,17)(H,16,18). The van der Waals surface area contributed by atoms with Crippen LogP contribution in [0.1, 0.15) is 36.4 Å². The van der Waals surface area contributed by atoms with Gasteiger partial charge in [0.05, 0.1) is 0 Å². The average molecular weight is 297 g/mol. The summed E-state index contributed by atoms with van der Waals surface area (Å²) >= 11 is 1.23. The molecule has 1 fully saturated rings.